The number of fused-ring (bicyclic) bond motifs is 6. The van der Waals surface area contributed by atoms with Crippen molar-refractivity contribution in [1.82, 2.24) is 0 Å². The maximum atomic E-state index is 12.2. The monoisotopic (exact) mass is 532 g/mol. The first-order valence-corrected chi connectivity index (χ1v) is 15.7. The molecule has 39 heavy (non-hydrogen) atoms. The largest absolute Gasteiger partial charge is 0.497 e. The Morgan fingerprint density at radius 2 is 1.85 bits per heavy atom. The molecule has 4 fully saturated rings. The summed E-state index contributed by atoms with van der Waals surface area (Å²) in [6.07, 6.45) is 17.6. The third-order valence-electron chi connectivity index (χ3n) is 11.9. The van der Waals surface area contributed by atoms with Gasteiger partial charge in [-0.15, -0.1) is 0 Å². The number of benzene rings is 1. The van der Waals surface area contributed by atoms with E-state index in [1.54, 1.807) is 7.11 Å². The number of methoxy groups -OCH3 is 1. The van der Waals surface area contributed by atoms with Crippen LogP contribution < -0.4 is 9.47 Å². The molecule has 4 saturated carbocycles. The standard InChI is InChI=1S/C35H48O4/c1-23-20-24(28-12-10-27(37-4)22-32(28)39-23)8-6-5-7-19-38-33-14-13-30-29-11-9-25-21-26(36)15-17-34(25,2)31(29)16-18-35(30,33)3/h10,12,20,22,25,29-31,33H,1,5-9,11,13-19,21H2,2-4H3/t25-,29-,30-,31-,33-,34-,35-/m0/s1. The van der Waals surface area contributed by atoms with Crippen molar-refractivity contribution < 1.29 is 19.0 Å². The normalized spacial score (nSPS) is 37.2. The van der Waals surface area contributed by atoms with E-state index in [2.05, 4.69) is 32.6 Å². The Morgan fingerprint density at radius 1 is 1.00 bits per heavy atom. The maximum Gasteiger partial charge on any atom is 0.138 e. The Labute approximate surface area is 235 Å². The highest BCUT2D eigenvalue weighted by atomic mass is 16.5. The highest BCUT2D eigenvalue weighted by Gasteiger charge is 2.60. The average molecular weight is 533 g/mol. The maximum absolute atomic E-state index is 12.2. The van der Waals surface area contributed by atoms with Gasteiger partial charge in [-0.3, -0.25) is 4.79 Å². The van der Waals surface area contributed by atoms with E-state index in [-0.39, 0.29) is 0 Å². The summed E-state index contributed by atoms with van der Waals surface area (Å²) in [4.78, 5) is 12.2. The summed E-state index contributed by atoms with van der Waals surface area (Å²) < 4.78 is 17.9. The fourth-order valence-electron chi connectivity index (χ4n) is 9.72. The molecule has 0 spiro atoms. The lowest BCUT2D eigenvalue weighted by Gasteiger charge is -2.60. The molecule has 0 aromatic heterocycles. The molecule has 1 aliphatic heterocycles. The number of rotatable bonds is 8. The number of carbonyl (C=O) groups excluding carboxylic acids is 1. The fraction of sp³-hybridized carbons (Fsp3) is 0.686. The summed E-state index contributed by atoms with van der Waals surface area (Å²) >= 11 is 0. The van der Waals surface area contributed by atoms with Crippen LogP contribution in [-0.2, 0) is 9.53 Å². The van der Waals surface area contributed by atoms with Gasteiger partial charge in [-0.2, -0.15) is 0 Å². The molecular formula is C35H48O4. The van der Waals surface area contributed by atoms with Gasteiger partial charge in [0.2, 0.25) is 0 Å². The van der Waals surface area contributed by atoms with Crippen LogP contribution in [0.1, 0.15) is 103 Å². The van der Waals surface area contributed by atoms with E-state index in [0.29, 0.717) is 34.4 Å². The predicted octanol–water partition coefficient (Wildman–Crippen LogP) is 8.54. The zero-order valence-corrected chi connectivity index (χ0v) is 24.4. The van der Waals surface area contributed by atoms with Gasteiger partial charge < -0.3 is 14.2 Å². The molecule has 0 radical (unpaired) electrons. The molecule has 0 bridgehead atoms. The van der Waals surface area contributed by atoms with E-state index in [0.717, 1.165) is 79.9 Å². The third-order valence-corrected chi connectivity index (χ3v) is 11.9. The van der Waals surface area contributed by atoms with E-state index in [1.807, 2.05) is 12.1 Å². The van der Waals surface area contributed by atoms with Gasteiger partial charge in [-0.05, 0) is 122 Å². The van der Waals surface area contributed by atoms with Crippen molar-refractivity contribution in [3.63, 3.8) is 0 Å². The number of unbranched alkanes of at least 4 members (excludes halogenated alkanes) is 2. The third kappa shape index (κ3) is 4.89. The van der Waals surface area contributed by atoms with E-state index < -0.39 is 0 Å². The quantitative estimate of drug-likeness (QED) is 0.315. The van der Waals surface area contributed by atoms with E-state index in [9.17, 15) is 4.79 Å². The lowest BCUT2D eigenvalue weighted by Crippen LogP contribution is -2.54. The molecule has 0 saturated heterocycles. The van der Waals surface area contributed by atoms with Crippen LogP contribution in [0.4, 0.5) is 0 Å². The van der Waals surface area contributed by atoms with E-state index in [4.69, 9.17) is 14.2 Å². The van der Waals surface area contributed by atoms with Crippen LogP contribution in [0, 0.1) is 34.5 Å². The van der Waals surface area contributed by atoms with Crippen molar-refractivity contribution in [3.8, 4) is 11.5 Å². The average Bonchev–Trinajstić information content (AvgIpc) is 3.26. The number of carbonyl (C=O) groups is 1. The summed E-state index contributed by atoms with van der Waals surface area (Å²) in [6.45, 7) is 10.0. The van der Waals surface area contributed by atoms with Gasteiger partial charge in [0.1, 0.15) is 23.0 Å². The molecule has 1 aromatic carbocycles. The molecule has 4 heteroatoms. The van der Waals surface area contributed by atoms with Gasteiger partial charge >= 0.3 is 0 Å². The highest BCUT2D eigenvalue weighted by molar-refractivity contribution is 5.79. The van der Waals surface area contributed by atoms with Crippen molar-refractivity contribution in [1.29, 1.82) is 0 Å². The summed E-state index contributed by atoms with van der Waals surface area (Å²) in [5.74, 6) is 5.99. The predicted molar refractivity (Wildman–Crippen MR) is 156 cm³/mol. The summed E-state index contributed by atoms with van der Waals surface area (Å²) in [7, 11) is 1.68. The Bertz CT molecular complexity index is 1140. The number of allylic oxidation sites excluding steroid dienone is 2. The minimum absolute atomic E-state index is 0.340. The number of ketones is 1. The second-order valence-corrected chi connectivity index (χ2v) is 13.8. The molecule has 4 aliphatic carbocycles. The van der Waals surface area contributed by atoms with E-state index >= 15 is 0 Å². The molecule has 7 atom stereocenters. The number of hydrogen-bond donors (Lipinski definition) is 0. The van der Waals surface area contributed by atoms with Crippen LogP contribution >= 0.6 is 0 Å². The second kappa shape index (κ2) is 10.7. The summed E-state index contributed by atoms with van der Waals surface area (Å²) in [6, 6.07) is 6.05. The minimum Gasteiger partial charge on any atom is -0.497 e. The molecule has 1 heterocycles. The van der Waals surface area contributed by atoms with Crippen molar-refractivity contribution in [2.75, 3.05) is 13.7 Å². The molecular weight excluding hydrogens is 484 g/mol. The molecule has 5 aliphatic rings. The molecule has 212 valence electrons. The summed E-state index contributed by atoms with van der Waals surface area (Å²) in [5, 5.41) is 0. The smallest absolute Gasteiger partial charge is 0.138 e. The molecule has 0 unspecified atom stereocenters. The lowest BCUT2D eigenvalue weighted by atomic mass is 9.45. The summed E-state index contributed by atoms with van der Waals surface area (Å²) in [5.41, 5.74) is 3.20. The number of ether oxygens (including phenoxy) is 3. The van der Waals surface area contributed by atoms with Crippen LogP contribution in [0.25, 0.3) is 5.57 Å². The lowest BCUT2D eigenvalue weighted by molar-refractivity contribution is -0.145. The molecule has 0 N–H and O–H groups in total. The van der Waals surface area contributed by atoms with Crippen molar-refractivity contribution in [2.24, 2.45) is 34.5 Å². The van der Waals surface area contributed by atoms with Crippen molar-refractivity contribution in [3.05, 3.63) is 42.2 Å². The first kappa shape index (κ1) is 27.1. The Morgan fingerprint density at radius 3 is 2.69 bits per heavy atom. The number of Topliss-reactive ketones (excluding diaryl/α,β-unsaturated/α-hetero) is 1. The van der Waals surface area contributed by atoms with Crippen molar-refractivity contribution >= 4 is 11.4 Å². The second-order valence-electron chi connectivity index (χ2n) is 13.8. The van der Waals surface area contributed by atoms with E-state index in [1.165, 1.54) is 50.5 Å². The highest BCUT2D eigenvalue weighted by Crippen LogP contribution is 2.66. The fourth-order valence-corrected chi connectivity index (χ4v) is 9.72. The molecule has 0 amide bonds. The van der Waals surface area contributed by atoms with Gasteiger partial charge in [0, 0.05) is 31.1 Å². The first-order chi connectivity index (χ1) is 18.8. The SMILES string of the molecule is C=C1C=C(CCCCCO[C@H]2CC[C@H]3[C@@H]4CC[C@H]5CC(=O)CC[C@]5(C)[C@H]4CC[C@]23C)c2ccc(OC)cc2O1. The number of hydrogen-bond acceptors (Lipinski definition) is 4. The van der Waals surface area contributed by atoms with Gasteiger partial charge in [-0.1, -0.05) is 26.8 Å². The van der Waals surface area contributed by atoms with Gasteiger partial charge in [-0.25, -0.2) is 0 Å². The topological polar surface area (TPSA) is 44.8 Å². The Hall–Kier alpha value is -2.07. The minimum atomic E-state index is 0.340. The van der Waals surface area contributed by atoms with Gasteiger partial charge in [0.15, 0.2) is 0 Å². The van der Waals surface area contributed by atoms with Crippen LogP contribution in [0.3, 0.4) is 0 Å². The molecule has 1 aromatic rings. The molecule has 4 nitrogen and oxygen atoms in total. The van der Waals surface area contributed by atoms with Crippen LogP contribution in [0.15, 0.2) is 36.6 Å². The zero-order valence-electron chi connectivity index (χ0n) is 24.4. The Balaban J connectivity index is 0.987. The van der Waals surface area contributed by atoms with Crippen LogP contribution in [0.2, 0.25) is 0 Å². The van der Waals surface area contributed by atoms with Crippen LogP contribution in [0.5, 0.6) is 11.5 Å². The molecule has 6 rings (SSSR count). The first-order valence-electron chi connectivity index (χ1n) is 15.7. The van der Waals surface area contributed by atoms with Gasteiger partial charge in [0.05, 0.1) is 13.2 Å². The Kier molecular flexibility index (Phi) is 7.46. The van der Waals surface area contributed by atoms with Gasteiger partial charge in [0.25, 0.3) is 0 Å². The van der Waals surface area contributed by atoms with Crippen molar-refractivity contribution in [2.45, 2.75) is 103 Å². The van der Waals surface area contributed by atoms with Crippen LogP contribution in [-0.4, -0.2) is 25.6 Å². The zero-order chi connectivity index (χ0) is 27.2.